The first-order valence-electron chi connectivity index (χ1n) is 10.1. The fourth-order valence-electron chi connectivity index (χ4n) is 3.59. The summed E-state index contributed by atoms with van der Waals surface area (Å²) in [6.45, 7) is 1.74. The SMILES string of the molecule is O=C(CN1CCCCCC1=O)NCCn1ncc(-c2cnccn2)c1-c1cccs1. The van der Waals surface area contributed by atoms with Crippen LogP contribution in [0.15, 0.2) is 42.3 Å². The highest BCUT2D eigenvalue weighted by Crippen LogP contribution is 2.33. The first-order chi connectivity index (χ1) is 14.7. The summed E-state index contributed by atoms with van der Waals surface area (Å²) in [5.41, 5.74) is 2.63. The Morgan fingerprint density at radius 1 is 1.20 bits per heavy atom. The van der Waals surface area contributed by atoms with E-state index < -0.39 is 0 Å². The van der Waals surface area contributed by atoms with Crippen LogP contribution in [0.1, 0.15) is 25.7 Å². The second-order valence-electron chi connectivity index (χ2n) is 7.17. The van der Waals surface area contributed by atoms with Gasteiger partial charge in [0.05, 0.1) is 41.7 Å². The Kier molecular flexibility index (Phi) is 6.48. The van der Waals surface area contributed by atoms with Gasteiger partial charge in [0.1, 0.15) is 0 Å². The molecule has 0 aliphatic carbocycles. The molecule has 3 aromatic rings. The zero-order valence-corrected chi connectivity index (χ0v) is 17.5. The fourth-order valence-corrected chi connectivity index (χ4v) is 4.38. The molecule has 1 N–H and O–H groups in total. The van der Waals surface area contributed by atoms with Gasteiger partial charge >= 0.3 is 0 Å². The van der Waals surface area contributed by atoms with Crippen LogP contribution in [0.4, 0.5) is 0 Å². The van der Waals surface area contributed by atoms with Crippen molar-refractivity contribution in [1.29, 1.82) is 0 Å². The molecule has 3 aromatic heterocycles. The van der Waals surface area contributed by atoms with Gasteiger partial charge in [-0.2, -0.15) is 5.10 Å². The summed E-state index contributed by atoms with van der Waals surface area (Å²) in [4.78, 5) is 35.7. The van der Waals surface area contributed by atoms with Crippen molar-refractivity contribution in [2.24, 2.45) is 0 Å². The number of thiophene rings is 1. The molecule has 0 unspecified atom stereocenters. The number of hydrogen-bond donors (Lipinski definition) is 1. The van der Waals surface area contributed by atoms with Crippen molar-refractivity contribution in [2.45, 2.75) is 32.2 Å². The van der Waals surface area contributed by atoms with Crippen LogP contribution in [0.5, 0.6) is 0 Å². The van der Waals surface area contributed by atoms with Crippen molar-refractivity contribution >= 4 is 23.2 Å². The molecule has 0 saturated carbocycles. The molecule has 2 amide bonds. The second kappa shape index (κ2) is 9.62. The van der Waals surface area contributed by atoms with Gasteiger partial charge in [0.15, 0.2) is 0 Å². The number of hydrogen-bond acceptors (Lipinski definition) is 6. The Morgan fingerprint density at radius 3 is 2.93 bits per heavy atom. The van der Waals surface area contributed by atoms with Crippen LogP contribution in [-0.2, 0) is 16.1 Å². The second-order valence-corrected chi connectivity index (χ2v) is 8.12. The van der Waals surface area contributed by atoms with Gasteiger partial charge in [-0.1, -0.05) is 12.5 Å². The molecule has 8 nitrogen and oxygen atoms in total. The number of carbonyl (C=O) groups is 2. The number of nitrogens with one attached hydrogen (secondary N) is 1. The van der Waals surface area contributed by atoms with Gasteiger partial charge in [-0.05, 0) is 24.3 Å². The van der Waals surface area contributed by atoms with Gasteiger partial charge in [0.25, 0.3) is 0 Å². The van der Waals surface area contributed by atoms with Gasteiger partial charge in [-0.15, -0.1) is 11.3 Å². The van der Waals surface area contributed by atoms with E-state index in [4.69, 9.17) is 0 Å². The monoisotopic (exact) mass is 424 g/mol. The molecule has 30 heavy (non-hydrogen) atoms. The van der Waals surface area contributed by atoms with Crippen molar-refractivity contribution in [2.75, 3.05) is 19.6 Å². The highest BCUT2D eigenvalue weighted by Gasteiger charge is 2.20. The van der Waals surface area contributed by atoms with E-state index in [1.807, 2.05) is 22.2 Å². The molecule has 4 rings (SSSR count). The Balaban J connectivity index is 1.42. The largest absolute Gasteiger partial charge is 0.353 e. The lowest BCUT2D eigenvalue weighted by atomic mass is 10.1. The molecule has 0 aromatic carbocycles. The van der Waals surface area contributed by atoms with Gasteiger partial charge in [-0.3, -0.25) is 24.2 Å². The summed E-state index contributed by atoms with van der Waals surface area (Å²) in [5, 5.41) is 9.47. The minimum absolute atomic E-state index is 0.0725. The zero-order valence-electron chi connectivity index (χ0n) is 16.7. The molecule has 0 bridgehead atoms. The lowest BCUT2D eigenvalue weighted by Gasteiger charge is -2.19. The summed E-state index contributed by atoms with van der Waals surface area (Å²) < 4.78 is 1.88. The normalized spacial score (nSPS) is 14.5. The van der Waals surface area contributed by atoms with E-state index in [1.54, 1.807) is 41.0 Å². The molecule has 1 fully saturated rings. The van der Waals surface area contributed by atoms with Crippen LogP contribution in [0.25, 0.3) is 21.8 Å². The first-order valence-corrected chi connectivity index (χ1v) is 11.0. The van der Waals surface area contributed by atoms with Crippen LogP contribution >= 0.6 is 11.3 Å². The molecule has 0 atom stereocenters. The van der Waals surface area contributed by atoms with Crippen LogP contribution in [-0.4, -0.2) is 56.1 Å². The van der Waals surface area contributed by atoms with Crippen LogP contribution in [0.2, 0.25) is 0 Å². The smallest absolute Gasteiger partial charge is 0.239 e. The topological polar surface area (TPSA) is 93.0 Å². The maximum Gasteiger partial charge on any atom is 0.239 e. The number of rotatable bonds is 7. The molecule has 1 saturated heterocycles. The summed E-state index contributed by atoms with van der Waals surface area (Å²) in [5.74, 6) is -0.0625. The van der Waals surface area contributed by atoms with Crippen LogP contribution in [0, 0.1) is 0 Å². The van der Waals surface area contributed by atoms with Crippen LogP contribution < -0.4 is 5.32 Å². The summed E-state index contributed by atoms with van der Waals surface area (Å²) in [6, 6.07) is 4.04. The highest BCUT2D eigenvalue weighted by atomic mass is 32.1. The highest BCUT2D eigenvalue weighted by molar-refractivity contribution is 7.13. The number of amides is 2. The molecule has 0 radical (unpaired) electrons. The molecule has 1 aliphatic heterocycles. The van der Waals surface area contributed by atoms with E-state index in [9.17, 15) is 9.59 Å². The Hall–Kier alpha value is -3.07. The maximum absolute atomic E-state index is 12.3. The quantitative estimate of drug-likeness (QED) is 0.629. The lowest BCUT2D eigenvalue weighted by Crippen LogP contribution is -2.41. The molecule has 4 heterocycles. The maximum atomic E-state index is 12.3. The average molecular weight is 425 g/mol. The van der Waals surface area contributed by atoms with Gasteiger partial charge in [0.2, 0.25) is 11.8 Å². The Bertz CT molecular complexity index is 986. The molecular weight excluding hydrogens is 400 g/mol. The van der Waals surface area contributed by atoms with E-state index in [-0.39, 0.29) is 18.4 Å². The third kappa shape index (κ3) is 4.73. The summed E-state index contributed by atoms with van der Waals surface area (Å²) in [7, 11) is 0. The van der Waals surface area contributed by atoms with E-state index >= 15 is 0 Å². The Morgan fingerprint density at radius 2 is 2.13 bits per heavy atom. The molecule has 9 heteroatoms. The van der Waals surface area contributed by atoms with Crippen molar-refractivity contribution in [3.63, 3.8) is 0 Å². The van der Waals surface area contributed by atoms with Gasteiger partial charge in [0, 0.05) is 37.5 Å². The summed E-state index contributed by atoms with van der Waals surface area (Å²) in [6.07, 6.45) is 10.3. The molecule has 0 spiro atoms. The molecule has 1 aliphatic rings. The van der Waals surface area contributed by atoms with Crippen LogP contribution in [0.3, 0.4) is 0 Å². The van der Waals surface area contributed by atoms with Crippen molar-refractivity contribution in [3.05, 3.63) is 42.3 Å². The van der Waals surface area contributed by atoms with Gasteiger partial charge in [-0.25, -0.2) is 0 Å². The number of nitrogens with zero attached hydrogens (tertiary/aromatic N) is 5. The first kappa shape index (κ1) is 20.2. The number of carbonyl (C=O) groups excluding carboxylic acids is 2. The average Bonchev–Trinajstić information content (AvgIpc) is 3.38. The minimum Gasteiger partial charge on any atom is -0.353 e. The van der Waals surface area contributed by atoms with E-state index in [0.29, 0.717) is 26.1 Å². The third-order valence-electron chi connectivity index (χ3n) is 5.08. The van der Waals surface area contributed by atoms with Crippen molar-refractivity contribution in [1.82, 2.24) is 30.0 Å². The van der Waals surface area contributed by atoms with Gasteiger partial charge < -0.3 is 10.2 Å². The number of aromatic nitrogens is 4. The third-order valence-corrected chi connectivity index (χ3v) is 5.96. The fraction of sp³-hybridized carbons (Fsp3) is 0.381. The van der Waals surface area contributed by atoms with Crippen molar-refractivity contribution < 1.29 is 9.59 Å². The van der Waals surface area contributed by atoms with E-state index in [0.717, 1.165) is 41.1 Å². The van der Waals surface area contributed by atoms with E-state index in [1.165, 1.54) is 0 Å². The molecular formula is C21H24N6O2S. The number of likely N-dealkylation sites (tertiary alicyclic amines) is 1. The lowest BCUT2D eigenvalue weighted by molar-refractivity contribution is -0.135. The molecule has 156 valence electrons. The van der Waals surface area contributed by atoms with Crippen molar-refractivity contribution in [3.8, 4) is 21.8 Å². The predicted molar refractivity (Wildman–Crippen MR) is 115 cm³/mol. The predicted octanol–water partition coefficient (Wildman–Crippen LogP) is 2.59. The minimum atomic E-state index is -0.135. The van der Waals surface area contributed by atoms with E-state index in [2.05, 4.69) is 20.4 Å². The Labute approximate surface area is 179 Å². The summed E-state index contributed by atoms with van der Waals surface area (Å²) >= 11 is 1.63. The standard InChI is InChI=1S/C21H24N6O2S/c28-19(15-26-10-3-1-2-6-20(26)29)24-9-11-27-21(18-5-4-12-30-18)16(13-25-27)17-14-22-7-8-23-17/h4-5,7-8,12-14H,1-3,6,9-11,15H2,(H,24,28). The zero-order chi connectivity index (χ0) is 20.8.